The maximum atomic E-state index is 5.98. The molecule has 0 spiro atoms. The second-order valence-electron chi connectivity index (χ2n) is 9.06. The summed E-state index contributed by atoms with van der Waals surface area (Å²) in [5.41, 5.74) is 2.26. The summed E-state index contributed by atoms with van der Waals surface area (Å²) in [5, 5.41) is 0. The first-order chi connectivity index (χ1) is 14.8. The number of unbranched alkanes of at least 4 members (excludes halogenated alkanes) is 2. The van der Waals surface area contributed by atoms with Gasteiger partial charge in [0.1, 0.15) is 5.75 Å². The van der Waals surface area contributed by atoms with Gasteiger partial charge in [0.15, 0.2) is 5.82 Å². The van der Waals surface area contributed by atoms with Crippen molar-refractivity contribution in [2.75, 3.05) is 6.61 Å². The summed E-state index contributed by atoms with van der Waals surface area (Å²) in [6.45, 7) is 5.33. The van der Waals surface area contributed by atoms with Crippen LogP contribution in [0.15, 0.2) is 36.7 Å². The van der Waals surface area contributed by atoms with Gasteiger partial charge in [0.2, 0.25) is 0 Å². The fourth-order valence-corrected chi connectivity index (χ4v) is 4.58. The van der Waals surface area contributed by atoms with Crippen LogP contribution < -0.4 is 4.74 Å². The van der Waals surface area contributed by atoms with Crippen molar-refractivity contribution in [1.29, 1.82) is 0 Å². The van der Waals surface area contributed by atoms with Gasteiger partial charge >= 0.3 is 0 Å². The van der Waals surface area contributed by atoms with Gasteiger partial charge in [0.05, 0.1) is 6.61 Å². The molecule has 3 rings (SSSR count). The molecule has 3 heteroatoms. The quantitative estimate of drug-likeness (QED) is 0.338. The lowest BCUT2D eigenvalue weighted by molar-refractivity contribution is 0.228. The highest BCUT2D eigenvalue weighted by molar-refractivity contribution is 5.55. The topological polar surface area (TPSA) is 35.0 Å². The molecule has 0 radical (unpaired) electrons. The summed E-state index contributed by atoms with van der Waals surface area (Å²) >= 11 is 0. The Hall–Kier alpha value is -1.90. The first kappa shape index (κ1) is 22.8. The van der Waals surface area contributed by atoms with E-state index in [0.717, 1.165) is 48.4 Å². The number of aryl methyl sites for hydroxylation is 1. The zero-order chi connectivity index (χ0) is 21.0. The molecule has 30 heavy (non-hydrogen) atoms. The first-order valence-corrected chi connectivity index (χ1v) is 12.3. The number of hydrogen-bond acceptors (Lipinski definition) is 3. The highest BCUT2D eigenvalue weighted by Gasteiger charge is 2.20. The Morgan fingerprint density at radius 2 is 1.40 bits per heavy atom. The van der Waals surface area contributed by atoms with E-state index < -0.39 is 0 Å². The van der Waals surface area contributed by atoms with Crippen molar-refractivity contribution in [3.8, 4) is 17.1 Å². The smallest absolute Gasteiger partial charge is 0.159 e. The second-order valence-corrected chi connectivity index (χ2v) is 9.06. The molecule has 0 amide bonds. The Labute approximate surface area is 183 Å². The summed E-state index contributed by atoms with van der Waals surface area (Å²) in [6, 6.07) is 8.22. The van der Waals surface area contributed by atoms with E-state index in [4.69, 9.17) is 4.74 Å². The lowest BCUT2D eigenvalue weighted by atomic mass is 9.78. The Balaban J connectivity index is 1.35. The van der Waals surface area contributed by atoms with E-state index in [1.807, 2.05) is 24.5 Å². The Morgan fingerprint density at radius 3 is 2.00 bits per heavy atom. The van der Waals surface area contributed by atoms with E-state index in [2.05, 4.69) is 35.9 Å². The lowest BCUT2D eigenvalue weighted by Gasteiger charge is -2.28. The fraction of sp³-hybridized carbons (Fsp3) is 0.630. The van der Waals surface area contributed by atoms with Gasteiger partial charge in [-0.15, -0.1) is 0 Å². The van der Waals surface area contributed by atoms with Crippen molar-refractivity contribution in [3.63, 3.8) is 0 Å². The maximum Gasteiger partial charge on any atom is 0.159 e. The number of rotatable bonds is 12. The lowest BCUT2D eigenvalue weighted by Crippen LogP contribution is -2.15. The molecule has 1 aliphatic carbocycles. The van der Waals surface area contributed by atoms with Crippen LogP contribution in [-0.4, -0.2) is 16.6 Å². The molecule has 1 fully saturated rings. The predicted octanol–water partition coefficient (Wildman–Crippen LogP) is 7.64. The molecule has 1 aromatic heterocycles. The van der Waals surface area contributed by atoms with Crippen LogP contribution in [0.25, 0.3) is 11.4 Å². The van der Waals surface area contributed by atoms with Gasteiger partial charge in [-0.2, -0.15) is 0 Å². The monoisotopic (exact) mass is 408 g/mol. The average Bonchev–Trinajstić information content (AvgIpc) is 2.81. The third-order valence-corrected chi connectivity index (χ3v) is 6.59. The molecule has 0 unspecified atom stereocenters. The second kappa shape index (κ2) is 12.7. The van der Waals surface area contributed by atoms with Gasteiger partial charge in [-0.25, -0.2) is 9.97 Å². The molecule has 1 heterocycles. The number of nitrogens with zero attached hydrogens (tertiary/aromatic N) is 2. The van der Waals surface area contributed by atoms with E-state index in [0.29, 0.717) is 0 Å². The van der Waals surface area contributed by atoms with Gasteiger partial charge in [-0.05, 0) is 67.3 Å². The Bertz CT molecular complexity index is 703. The van der Waals surface area contributed by atoms with Crippen molar-refractivity contribution >= 4 is 0 Å². The average molecular weight is 409 g/mol. The standard InChI is InChI=1S/C27H40N2O/c1-3-5-8-22-11-13-23(14-12-22)10-7-19-30-26-17-15-25(16-18-26)27-28-20-24(21-29-27)9-6-4-2/h15-18,20-23H,3-14,19H2,1-2H3/t22-,23-. The Morgan fingerprint density at radius 1 is 0.800 bits per heavy atom. The van der Waals surface area contributed by atoms with E-state index in [9.17, 15) is 0 Å². The van der Waals surface area contributed by atoms with Gasteiger partial charge in [-0.1, -0.05) is 65.2 Å². The fourth-order valence-electron chi connectivity index (χ4n) is 4.58. The molecule has 0 bridgehead atoms. The number of aromatic nitrogens is 2. The van der Waals surface area contributed by atoms with Gasteiger partial charge in [0, 0.05) is 18.0 Å². The van der Waals surface area contributed by atoms with E-state index in [-0.39, 0.29) is 0 Å². The highest BCUT2D eigenvalue weighted by Crippen LogP contribution is 2.34. The molecular weight excluding hydrogens is 368 g/mol. The van der Waals surface area contributed by atoms with Crippen molar-refractivity contribution in [2.24, 2.45) is 11.8 Å². The van der Waals surface area contributed by atoms with E-state index in [1.54, 1.807) is 0 Å². The van der Waals surface area contributed by atoms with Crippen molar-refractivity contribution in [3.05, 3.63) is 42.2 Å². The molecule has 164 valence electrons. The highest BCUT2D eigenvalue weighted by atomic mass is 16.5. The van der Waals surface area contributed by atoms with Crippen LogP contribution in [0.5, 0.6) is 5.75 Å². The summed E-state index contributed by atoms with van der Waals surface area (Å²) < 4.78 is 5.98. The summed E-state index contributed by atoms with van der Waals surface area (Å²) in [6.07, 6.45) is 19.8. The minimum absolute atomic E-state index is 0.788. The van der Waals surface area contributed by atoms with Crippen molar-refractivity contribution < 1.29 is 4.74 Å². The molecule has 1 saturated carbocycles. The normalized spacial score (nSPS) is 19.0. The van der Waals surface area contributed by atoms with Crippen molar-refractivity contribution in [2.45, 2.75) is 90.9 Å². The minimum Gasteiger partial charge on any atom is -0.494 e. The van der Waals surface area contributed by atoms with Crippen LogP contribution in [0.1, 0.15) is 90.0 Å². The Kier molecular flexibility index (Phi) is 9.66. The first-order valence-electron chi connectivity index (χ1n) is 12.3. The van der Waals surface area contributed by atoms with Gasteiger partial charge < -0.3 is 4.74 Å². The molecule has 0 aliphatic heterocycles. The summed E-state index contributed by atoms with van der Waals surface area (Å²) in [7, 11) is 0. The van der Waals surface area contributed by atoms with Crippen LogP contribution >= 0.6 is 0 Å². The third-order valence-electron chi connectivity index (χ3n) is 6.59. The van der Waals surface area contributed by atoms with Crippen LogP contribution in [0, 0.1) is 11.8 Å². The van der Waals surface area contributed by atoms with Crippen molar-refractivity contribution in [1.82, 2.24) is 9.97 Å². The van der Waals surface area contributed by atoms with Gasteiger partial charge in [-0.3, -0.25) is 0 Å². The summed E-state index contributed by atoms with van der Waals surface area (Å²) in [4.78, 5) is 9.06. The number of benzene rings is 1. The zero-order valence-corrected chi connectivity index (χ0v) is 19.1. The number of hydrogen-bond donors (Lipinski definition) is 0. The van der Waals surface area contributed by atoms with Crippen LogP contribution in [0.2, 0.25) is 0 Å². The maximum absolute atomic E-state index is 5.98. The van der Waals surface area contributed by atoms with E-state index in [1.165, 1.54) is 69.8 Å². The molecule has 0 N–H and O–H groups in total. The molecule has 0 saturated heterocycles. The van der Waals surface area contributed by atoms with Crippen LogP contribution in [-0.2, 0) is 6.42 Å². The molecular formula is C27H40N2O. The molecule has 2 aromatic rings. The third kappa shape index (κ3) is 7.41. The molecule has 1 aliphatic rings. The number of ether oxygens (including phenoxy) is 1. The zero-order valence-electron chi connectivity index (χ0n) is 19.1. The summed E-state index contributed by atoms with van der Waals surface area (Å²) in [5.74, 6) is 3.66. The molecule has 1 aromatic carbocycles. The molecule has 0 atom stereocenters. The predicted molar refractivity (Wildman–Crippen MR) is 126 cm³/mol. The largest absolute Gasteiger partial charge is 0.494 e. The van der Waals surface area contributed by atoms with Crippen LogP contribution in [0.3, 0.4) is 0 Å². The minimum atomic E-state index is 0.788. The van der Waals surface area contributed by atoms with Gasteiger partial charge in [0.25, 0.3) is 0 Å². The SMILES string of the molecule is CCCCc1cnc(-c2ccc(OCCC[C@H]3CC[C@H](CCCC)CC3)cc2)nc1. The molecule has 3 nitrogen and oxygen atoms in total. The van der Waals surface area contributed by atoms with E-state index >= 15 is 0 Å². The van der Waals surface area contributed by atoms with Crippen LogP contribution in [0.4, 0.5) is 0 Å².